The van der Waals surface area contributed by atoms with Crippen molar-refractivity contribution in [3.63, 3.8) is 0 Å². The fraction of sp³-hybridized carbons (Fsp3) is 0.100. The van der Waals surface area contributed by atoms with Gasteiger partial charge in [0.2, 0.25) is 0 Å². The summed E-state index contributed by atoms with van der Waals surface area (Å²) in [5, 5.41) is 8.61. The molecule has 0 unspecified atom stereocenters. The molecule has 1 aromatic rings. The molecule has 0 radical (unpaired) electrons. The first-order chi connectivity index (χ1) is 6.69. The molecule has 0 bridgehead atoms. The minimum absolute atomic E-state index is 0.0261. The number of nitrogens with zero attached hydrogens (tertiary/aromatic N) is 1. The van der Waals surface area contributed by atoms with Crippen molar-refractivity contribution in [2.24, 2.45) is 0 Å². The number of halogens is 2. The SMILES string of the molecule is N#Cc1cc(F)c(F)cc1C#CCS. The van der Waals surface area contributed by atoms with Crippen molar-refractivity contribution in [2.45, 2.75) is 0 Å². The van der Waals surface area contributed by atoms with Gasteiger partial charge >= 0.3 is 0 Å². The van der Waals surface area contributed by atoms with E-state index in [1.165, 1.54) is 0 Å². The molecular formula is C10H5F2NS. The number of rotatable bonds is 0. The Labute approximate surface area is 85.8 Å². The highest BCUT2D eigenvalue weighted by Crippen LogP contribution is 2.13. The van der Waals surface area contributed by atoms with Crippen LogP contribution in [0.1, 0.15) is 11.1 Å². The summed E-state index contributed by atoms with van der Waals surface area (Å²) in [6.45, 7) is 0. The highest BCUT2D eigenvalue weighted by molar-refractivity contribution is 7.80. The Morgan fingerprint density at radius 1 is 1.21 bits per heavy atom. The van der Waals surface area contributed by atoms with Gasteiger partial charge in [-0.1, -0.05) is 11.8 Å². The Morgan fingerprint density at radius 3 is 2.29 bits per heavy atom. The molecule has 0 aliphatic heterocycles. The van der Waals surface area contributed by atoms with E-state index in [2.05, 4.69) is 24.5 Å². The molecule has 0 N–H and O–H groups in total. The topological polar surface area (TPSA) is 23.8 Å². The van der Waals surface area contributed by atoms with Crippen LogP contribution in [0.15, 0.2) is 12.1 Å². The molecule has 0 atom stereocenters. The number of benzene rings is 1. The Morgan fingerprint density at radius 2 is 1.79 bits per heavy atom. The number of nitriles is 1. The second-order valence-corrected chi connectivity index (χ2v) is 2.70. The zero-order valence-electron chi connectivity index (χ0n) is 7.01. The van der Waals surface area contributed by atoms with E-state index >= 15 is 0 Å². The Kier molecular flexibility index (Phi) is 3.50. The maximum atomic E-state index is 12.8. The zero-order valence-corrected chi connectivity index (χ0v) is 7.91. The quantitative estimate of drug-likeness (QED) is 0.513. The highest BCUT2D eigenvalue weighted by atomic mass is 32.1. The van der Waals surface area contributed by atoms with Gasteiger partial charge in [0.05, 0.1) is 11.3 Å². The lowest BCUT2D eigenvalue weighted by atomic mass is 10.1. The van der Waals surface area contributed by atoms with Crippen LogP contribution in [0.3, 0.4) is 0 Å². The molecule has 0 fully saturated rings. The van der Waals surface area contributed by atoms with Crippen molar-refractivity contribution >= 4 is 12.6 Å². The number of hydrogen-bond donors (Lipinski definition) is 1. The molecule has 0 aliphatic rings. The van der Waals surface area contributed by atoms with E-state index in [0.29, 0.717) is 5.75 Å². The van der Waals surface area contributed by atoms with Gasteiger partial charge in [0.15, 0.2) is 11.6 Å². The largest absolute Gasteiger partial charge is 0.204 e. The van der Waals surface area contributed by atoms with Crippen LogP contribution in [0.4, 0.5) is 8.78 Å². The Balaban J connectivity index is 3.29. The molecule has 0 aliphatic carbocycles. The van der Waals surface area contributed by atoms with Crippen LogP contribution < -0.4 is 0 Å². The fourth-order valence-corrected chi connectivity index (χ4v) is 0.957. The van der Waals surface area contributed by atoms with E-state index in [0.717, 1.165) is 12.1 Å². The number of hydrogen-bond acceptors (Lipinski definition) is 2. The average molecular weight is 209 g/mol. The smallest absolute Gasteiger partial charge is 0.160 e. The van der Waals surface area contributed by atoms with Gasteiger partial charge in [-0.15, -0.1) is 0 Å². The molecule has 1 aromatic carbocycles. The molecule has 0 amide bonds. The van der Waals surface area contributed by atoms with Crippen molar-refractivity contribution in [2.75, 3.05) is 5.75 Å². The molecule has 1 rings (SSSR count). The maximum absolute atomic E-state index is 12.8. The molecule has 70 valence electrons. The van der Waals surface area contributed by atoms with Gasteiger partial charge in [0.25, 0.3) is 0 Å². The summed E-state index contributed by atoms with van der Waals surface area (Å²) in [4.78, 5) is 0. The van der Waals surface area contributed by atoms with Gasteiger partial charge in [0.1, 0.15) is 6.07 Å². The molecule has 0 saturated heterocycles. The van der Waals surface area contributed by atoms with Crippen LogP contribution in [0.2, 0.25) is 0 Å². The third-order valence-corrected chi connectivity index (χ3v) is 1.64. The van der Waals surface area contributed by atoms with Gasteiger partial charge in [-0.25, -0.2) is 8.78 Å². The summed E-state index contributed by atoms with van der Waals surface area (Å²) in [6, 6.07) is 3.48. The summed E-state index contributed by atoms with van der Waals surface area (Å²) < 4.78 is 25.4. The van der Waals surface area contributed by atoms with Crippen molar-refractivity contribution < 1.29 is 8.78 Å². The predicted molar refractivity (Wildman–Crippen MR) is 51.8 cm³/mol. The van der Waals surface area contributed by atoms with E-state index in [1.54, 1.807) is 6.07 Å². The van der Waals surface area contributed by atoms with Crippen LogP contribution in [0.25, 0.3) is 0 Å². The van der Waals surface area contributed by atoms with Crippen LogP contribution in [-0.2, 0) is 0 Å². The highest BCUT2D eigenvalue weighted by Gasteiger charge is 2.07. The monoisotopic (exact) mass is 209 g/mol. The molecule has 14 heavy (non-hydrogen) atoms. The summed E-state index contributed by atoms with van der Waals surface area (Å²) >= 11 is 3.84. The molecule has 0 aromatic heterocycles. The third-order valence-electron chi connectivity index (χ3n) is 1.48. The zero-order chi connectivity index (χ0) is 10.6. The minimum Gasteiger partial charge on any atom is -0.204 e. The van der Waals surface area contributed by atoms with Crippen molar-refractivity contribution in [1.29, 1.82) is 5.26 Å². The van der Waals surface area contributed by atoms with Gasteiger partial charge < -0.3 is 0 Å². The second kappa shape index (κ2) is 4.64. The summed E-state index contributed by atoms with van der Waals surface area (Å²) in [5.74, 6) is 3.33. The molecule has 0 heterocycles. The normalized spacial score (nSPS) is 8.71. The standard InChI is InChI=1S/C10H5F2NS/c11-9-4-7(2-1-3-14)8(6-13)5-10(9)12/h4-5,14H,3H2. The second-order valence-electron chi connectivity index (χ2n) is 2.38. The minimum atomic E-state index is -1.04. The predicted octanol–water partition coefficient (Wildman–Crippen LogP) is 2.12. The van der Waals surface area contributed by atoms with E-state index < -0.39 is 11.6 Å². The lowest BCUT2D eigenvalue weighted by Gasteiger charge is -1.96. The molecule has 1 nitrogen and oxygen atoms in total. The van der Waals surface area contributed by atoms with E-state index in [1.807, 2.05) is 0 Å². The lowest BCUT2D eigenvalue weighted by molar-refractivity contribution is 0.508. The van der Waals surface area contributed by atoms with Crippen molar-refractivity contribution in [3.05, 3.63) is 34.9 Å². The van der Waals surface area contributed by atoms with E-state index in [-0.39, 0.29) is 11.1 Å². The van der Waals surface area contributed by atoms with Crippen LogP contribution in [0, 0.1) is 34.8 Å². The Bertz CT molecular complexity index is 452. The van der Waals surface area contributed by atoms with Gasteiger partial charge in [-0.3, -0.25) is 0 Å². The summed E-state index contributed by atoms with van der Waals surface area (Å²) in [5.41, 5.74) is 0.207. The molecule has 4 heteroatoms. The third kappa shape index (κ3) is 2.25. The van der Waals surface area contributed by atoms with Gasteiger partial charge in [0, 0.05) is 5.56 Å². The lowest BCUT2D eigenvalue weighted by Crippen LogP contribution is -1.91. The van der Waals surface area contributed by atoms with Crippen molar-refractivity contribution in [1.82, 2.24) is 0 Å². The molecule has 0 saturated carbocycles. The Hall–Kier alpha value is -1.52. The van der Waals surface area contributed by atoms with Crippen LogP contribution in [-0.4, -0.2) is 5.75 Å². The maximum Gasteiger partial charge on any atom is 0.160 e. The summed E-state index contributed by atoms with van der Waals surface area (Å²) in [7, 11) is 0. The first kappa shape index (κ1) is 10.6. The first-order valence-electron chi connectivity index (χ1n) is 3.68. The van der Waals surface area contributed by atoms with E-state index in [9.17, 15) is 8.78 Å². The average Bonchev–Trinajstić information content (AvgIpc) is 2.19. The molecule has 0 spiro atoms. The fourth-order valence-electron chi connectivity index (χ4n) is 0.878. The van der Waals surface area contributed by atoms with Crippen LogP contribution >= 0.6 is 12.6 Å². The van der Waals surface area contributed by atoms with E-state index in [4.69, 9.17) is 5.26 Å². The first-order valence-corrected chi connectivity index (χ1v) is 4.31. The van der Waals surface area contributed by atoms with Crippen LogP contribution in [0.5, 0.6) is 0 Å². The van der Waals surface area contributed by atoms with Crippen molar-refractivity contribution in [3.8, 4) is 17.9 Å². The van der Waals surface area contributed by atoms with Gasteiger partial charge in [-0.2, -0.15) is 17.9 Å². The number of thiol groups is 1. The summed E-state index contributed by atoms with van der Waals surface area (Å²) in [6.07, 6.45) is 0. The van der Waals surface area contributed by atoms with Gasteiger partial charge in [-0.05, 0) is 12.1 Å². The molecular weight excluding hydrogens is 204 g/mol.